The third-order valence-electron chi connectivity index (χ3n) is 2.65. The molecule has 6 heteroatoms. The van der Waals surface area contributed by atoms with Crippen molar-refractivity contribution in [3.8, 4) is 5.75 Å². The Balaban J connectivity index is 2.22. The molecular formula is C13H13ClN2O2S. The van der Waals surface area contributed by atoms with Crippen molar-refractivity contribution in [1.82, 2.24) is 4.98 Å². The number of amides is 1. The van der Waals surface area contributed by atoms with Crippen LogP contribution in [-0.4, -0.2) is 16.0 Å². The maximum Gasteiger partial charge on any atom is 0.261 e. The molecule has 1 heterocycles. The highest BCUT2D eigenvalue weighted by Gasteiger charge is 2.14. The average molecular weight is 297 g/mol. The van der Waals surface area contributed by atoms with E-state index in [1.807, 2.05) is 13.8 Å². The van der Waals surface area contributed by atoms with Crippen LogP contribution in [0.4, 0.5) is 5.13 Å². The summed E-state index contributed by atoms with van der Waals surface area (Å²) in [6, 6.07) is 4.34. The number of rotatable bonds is 3. The topological polar surface area (TPSA) is 62.2 Å². The van der Waals surface area contributed by atoms with Gasteiger partial charge in [0.15, 0.2) is 5.13 Å². The summed E-state index contributed by atoms with van der Waals surface area (Å²) in [6.07, 6.45) is 0.820. The number of phenols is 1. The molecule has 0 bridgehead atoms. The third kappa shape index (κ3) is 3.05. The zero-order valence-electron chi connectivity index (χ0n) is 10.5. The Kier molecular flexibility index (Phi) is 4.07. The van der Waals surface area contributed by atoms with Crippen LogP contribution in [0.1, 0.15) is 27.9 Å². The highest BCUT2D eigenvalue weighted by molar-refractivity contribution is 7.15. The van der Waals surface area contributed by atoms with Crippen LogP contribution in [0.15, 0.2) is 18.2 Å². The van der Waals surface area contributed by atoms with Gasteiger partial charge in [0.1, 0.15) is 5.75 Å². The Morgan fingerprint density at radius 1 is 1.53 bits per heavy atom. The van der Waals surface area contributed by atoms with Crippen LogP contribution in [0.5, 0.6) is 5.75 Å². The summed E-state index contributed by atoms with van der Waals surface area (Å²) in [6.45, 7) is 3.97. The van der Waals surface area contributed by atoms with Gasteiger partial charge in [-0.15, -0.1) is 11.3 Å². The van der Waals surface area contributed by atoms with Crippen molar-refractivity contribution in [2.45, 2.75) is 20.3 Å². The van der Waals surface area contributed by atoms with Crippen LogP contribution < -0.4 is 5.32 Å². The normalized spacial score (nSPS) is 10.5. The van der Waals surface area contributed by atoms with Gasteiger partial charge in [0.2, 0.25) is 0 Å². The first-order chi connectivity index (χ1) is 9.01. The Labute approximate surface area is 120 Å². The minimum atomic E-state index is -0.420. The number of nitrogens with zero attached hydrogens (tertiary/aromatic N) is 1. The monoisotopic (exact) mass is 296 g/mol. The molecule has 0 atom stereocenters. The van der Waals surface area contributed by atoms with E-state index in [9.17, 15) is 9.90 Å². The van der Waals surface area contributed by atoms with E-state index in [4.69, 9.17) is 11.6 Å². The fourth-order valence-corrected chi connectivity index (χ4v) is 2.73. The molecule has 2 rings (SSSR count). The Morgan fingerprint density at radius 3 is 2.89 bits per heavy atom. The SMILES string of the molecule is CCc1nc(NC(=O)c2cc(Cl)ccc2O)sc1C. The van der Waals surface area contributed by atoms with Crippen molar-refractivity contribution >= 4 is 34.0 Å². The molecule has 1 aromatic heterocycles. The summed E-state index contributed by atoms with van der Waals surface area (Å²) >= 11 is 7.23. The lowest BCUT2D eigenvalue weighted by Gasteiger charge is -2.04. The maximum atomic E-state index is 12.0. The number of carbonyl (C=O) groups is 1. The maximum absolute atomic E-state index is 12.0. The highest BCUT2D eigenvalue weighted by Crippen LogP contribution is 2.25. The number of benzene rings is 1. The molecule has 0 radical (unpaired) electrons. The van der Waals surface area contributed by atoms with Gasteiger partial charge in [-0.25, -0.2) is 4.98 Å². The number of phenolic OH excluding ortho intramolecular Hbond substituents is 1. The second-order valence-corrected chi connectivity index (χ2v) is 5.63. The summed E-state index contributed by atoms with van der Waals surface area (Å²) in [4.78, 5) is 17.4. The molecule has 0 fully saturated rings. The first-order valence-electron chi connectivity index (χ1n) is 5.77. The first kappa shape index (κ1) is 13.8. The van der Waals surface area contributed by atoms with Gasteiger partial charge in [-0.2, -0.15) is 0 Å². The van der Waals surface area contributed by atoms with Crippen LogP contribution in [-0.2, 0) is 6.42 Å². The number of hydrogen-bond donors (Lipinski definition) is 2. The van der Waals surface area contributed by atoms with E-state index in [-0.39, 0.29) is 11.3 Å². The molecule has 2 aromatic rings. The van der Waals surface area contributed by atoms with Crippen molar-refractivity contribution in [2.24, 2.45) is 0 Å². The van der Waals surface area contributed by atoms with Crippen LogP contribution in [0.25, 0.3) is 0 Å². The number of hydrogen-bond acceptors (Lipinski definition) is 4. The summed E-state index contributed by atoms with van der Waals surface area (Å²) in [5.41, 5.74) is 1.11. The van der Waals surface area contributed by atoms with Gasteiger partial charge in [0, 0.05) is 9.90 Å². The molecule has 0 aliphatic heterocycles. The van der Waals surface area contributed by atoms with Crippen molar-refractivity contribution in [2.75, 3.05) is 5.32 Å². The summed E-state index contributed by atoms with van der Waals surface area (Å²) < 4.78 is 0. The Bertz CT molecular complexity index is 625. The minimum absolute atomic E-state index is 0.106. The lowest BCUT2D eigenvalue weighted by molar-refractivity contribution is 0.102. The molecule has 0 aliphatic carbocycles. The number of thiazole rings is 1. The summed E-state index contributed by atoms with van der Waals surface area (Å²) in [7, 11) is 0. The molecule has 100 valence electrons. The smallest absolute Gasteiger partial charge is 0.261 e. The molecule has 0 spiro atoms. The van der Waals surface area contributed by atoms with E-state index >= 15 is 0 Å². The van der Waals surface area contributed by atoms with E-state index in [2.05, 4.69) is 10.3 Å². The predicted molar refractivity (Wildman–Crippen MR) is 77.3 cm³/mol. The number of aromatic hydroxyl groups is 1. The molecule has 4 nitrogen and oxygen atoms in total. The summed E-state index contributed by atoms with van der Waals surface area (Å²) in [5.74, 6) is -0.526. The number of anilines is 1. The molecule has 1 aromatic carbocycles. The summed E-state index contributed by atoms with van der Waals surface area (Å²) in [5, 5.41) is 13.2. The Morgan fingerprint density at radius 2 is 2.26 bits per heavy atom. The number of aromatic nitrogens is 1. The van der Waals surface area contributed by atoms with E-state index in [0.29, 0.717) is 10.2 Å². The molecule has 0 saturated carbocycles. The second-order valence-electron chi connectivity index (χ2n) is 3.99. The van der Waals surface area contributed by atoms with Gasteiger partial charge in [-0.3, -0.25) is 10.1 Å². The lowest BCUT2D eigenvalue weighted by atomic mass is 10.2. The van der Waals surface area contributed by atoms with E-state index in [1.54, 1.807) is 0 Å². The van der Waals surface area contributed by atoms with Gasteiger partial charge < -0.3 is 5.11 Å². The number of halogens is 1. The highest BCUT2D eigenvalue weighted by atomic mass is 35.5. The van der Waals surface area contributed by atoms with Gasteiger partial charge in [0.05, 0.1) is 11.3 Å². The van der Waals surface area contributed by atoms with Crippen LogP contribution in [0.3, 0.4) is 0 Å². The molecule has 0 saturated heterocycles. The van der Waals surface area contributed by atoms with Crippen LogP contribution in [0, 0.1) is 6.92 Å². The zero-order chi connectivity index (χ0) is 14.0. The van der Waals surface area contributed by atoms with Crippen molar-refractivity contribution in [3.05, 3.63) is 39.4 Å². The second kappa shape index (κ2) is 5.59. The number of nitrogens with one attached hydrogen (secondary N) is 1. The number of carbonyl (C=O) groups excluding carboxylic acids is 1. The zero-order valence-corrected chi connectivity index (χ0v) is 12.1. The molecule has 0 aliphatic rings. The standard InChI is InChI=1S/C13H13ClN2O2S/c1-3-10-7(2)19-13(15-10)16-12(18)9-6-8(14)4-5-11(9)17/h4-6,17H,3H2,1-2H3,(H,15,16,18). The number of aryl methyl sites for hydroxylation is 2. The van der Waals surface area contributed by atoms with Gasteiger partial charge >= 0.3 is 0 Å². The molecule has 0 unspecified atom stereocenters. The van der Waals surface area contributed by atoms with Crippen molar-refractivity contribution in [1.29, 1.82) is 0 Å². The van der Waals surface area contributed by atoms with Gasteiger partial charge in [0.25, 0.3) is 5.91 Å². The lowest BCUT2D eigenvalue weighted by Crippen LogP contribution is -2.12. The van der Waals surface area contributed by atoms with Crippen molar-refractivity contribution < 1.29 is 9.90 Å². The quantitative estimate of drug-likeness (QED) is 0.909. The molecular weight excluding hydrogens is 284 g/mol. The van der Waals surface area contributed by atoms with E-state index in [0.717, 1.165) is 17.0 Å². The molecule has 19 heavy (non-hydrogen) atoms. The average Bonchev–Trinajstić information content (AvgIpc) is 2.72. The third-order valence-corrected chi connectivity index (χ3v) is 3.81. The van der Waals surface area contributed by atoms with E-state index in [1.165, 1.54) is 29.5 Å². The molecule has 1 amide bonds. The minimum Gasteiger partial charge on any atom is -0.507 e. The van der Waals surface area contributed by atoms with Gasteiger partial charge in [-0.05, 0) is 31.5 Å². The predicted octanol–water partition coefficient (Wildman–Crippen LogP) is 3.63. The Hall–Kier alpha value is -1.59. The van der Waals surface area contributed by atoms with Crippen molar-refractivity contribution in [3.63, 3.8) is 0 Å². The fraction of sp³-hybridized carbons (Fsp3) is 0.231. The van der Waals surface area contributed by atoms with Gasteiger partial charge in [-0.1, -0.05) is 18.5 Å². The largest absolute Gasteiger partial charge is 0.507 e. The van der Waals surface area contributed by atoms with E-state index < -0.39 is 5.91 Å². The van der Waals surface area contributed by atoms with Crippen LogP contribution >= 0.6 is 22.9 Å². The fourth-order valence-electron chi connectivity index (χ4n) is 1.66. The molecule has 2 N–H and O–H groups in total. The van der Waals surface area contributed by atoms with Crippen LogP contribution in [0.2, 0.25) is 5.02 Å². The first-order valence-corrected chi connectivity index (χ1v) is 6.97.